The molecule has 0 saturated carbocycles. The van der Waals surface area contributed by atoms with Gasteiger partial charge in [0, 0.05) is 27.3 Å². The first-order chi connectivity index (χ1) is 22.6. The summed E-state index contributed by atoms with van der Waals surface area (Å²) in [6.45, 7) is 2.37. The summed E-state index contributed by atoms with van der Waals surface area (Å²) in [4.78, 5) is 5.32. The number of benzene rings is 5. The summed E-state index contributed by atoms with van der Waals surface area (Å²) >= 11 is 0. The summed E-state index contributed by atoms with van der Waals surface area (Å²) in [5.41, 5.74) is 12.3. The van der Waals surface area contributed by atoms with Crippen molar-refractivity contribution in [3.05, 3.63) is 180 Å². The molecular formula is C44H35NO. The monoisotopic (exact) mass is 593 g/mol. The van der Waals surface area contributed by atoms with Gasteiger partial charge in [-0.1, -0.05) is 158 Å². The highest BCUT2D eigenvalue weighted by molar-refractivity contribution is 6.12. The molecule has 2 aliphatic rings. The molecule has 1 aliphatic carbocycles. The first-order valence-corrected chi connectivity index (χ1v) is 16.2. The zero-order chi connectivity index (χ0) is 30.9. The van der Waals surface area contributed by atoms with Crippen LogP contribution in [0, 0.1) is 5.41 Å². The van der Waals surface area contributed by atoms with E-state index in [9.17, 15) is 0 Å². The fraction of sp³-hybridized carbons (Fsp3) is 0.114. The lowest BCUT2D eigenvalue weighted by atomic mass is 9.72. The van der Waals surface area contributed by atoms with Crippen molar-refractivity contribution in [1.82, 2.24) is 0 Å². The van der Waals surface area contributed by atoms with Crippen LogP contribution >= 0.6 is 0 Å². The molecule has 2 nitrogen and oxygen atoms in total. The van der Waals surface area contributed by atoms with Crippen LogP contribution in [0.5, 0.6) is 0 Å². The van der Waals surface area contributed by atoms with E-state index in [1.165, 1.54) is 27.7 Å². The molecule has 0 fully saturated rings. The van der Waals surface area contributed by atoms with Crippen molar-refractivity contribution in [3.63, 3.8) is 0 Å². The van der Waals surface area contributed by atoms with E-state index < -0.39 is 0 Å². The highest BCUT2D eigenvalue weighted by Crippen LogP contribution is 2.43. The van der Waals surface area contributed by atoms with E-state index in [-0.39, 0.29) is 5.41 Å². The Morgan fingerprint density at radius 3 is 2.07 bits per heavy atom. The first-order valence-electron chi connectivity index (χ1n) is 16.2. The second-order valence-electron chi connectivity index (χ2n) is 12.5. The molecule has 6 aromatic rings. The lowest BCUT2D eigenvalue weighted by molar-refractivity contribution is 0.498. The Morgan fingerprint density at radius 2 is 1.30 bits per heavy atom. The molecule has 0 radical (unpaired) electrons. The molecule has 0 N–H and O–H groups in total. The number of rotatable bonds is 5. The van der Waals surface area contributed by atoms with Gasteiger partial charge in [0.25, 0.3) is 0 Å². The van der Waals surface area contributed by atoms with Gasteiger partial charge in [-0.2, -0.15) is 0 Å². The quantitative estimate of drug-likeness (QED) is 0.195. The molecule has 1 unspecified atom stereocenters. The second kappa shape index (κ2) is 11.8. The van der Waals surface area contributed by atoms with Gasteiger partial charge in [-0.05, 0) is 53.7 Å². The van der Waals surface area contributed by atoms with Crippen molar-refractivity contribution < 1.29 is 4.42 Å². The van der Waals surface area contributed by atoms with Crippen molar-refractivity contribution >= 4 is 38.9 Å². The van der Waals surface area contributed by atoms with E-state index in [2.05, 4.69) is 153 Å². The van der Waals surface area contributed by atoms with Crippen LogP contribution in [0.4, 0.5) is 0 Å². The molecule has 2 heteroatoms. The number of hydrogen-bond acceptors (Lipinski definition) is 2. The molecule has 0 bridgehead atoms. The van der Waals surface area contributed by atoms with Gasteiger partial charge in [0.05, 0.1) is 11.4 Å². The minimum Gasteiger partial charge on any atom is -0.455 e. The van der Waals surface area contributed by atoms with E-state index in [1.54, 1.807) is 0 Å². The Labute approximate surface area is 270 Å². The van der Waals surface area contributed by atoms with Crippen molar-refractivity contribution in [3.8, 4) is 11.1 Å². The number of aliphatic imine (C=N–C) groups is 1. The third-order valence-electron chi connectivity index (χ3n) is 9.49. The van der Waals surface area contributed by atoms with Gasteiger partial charge in [0.1, 0.15) is 11.2 Å². The van der Waals surface area contributed by atoms with Gasteiger partial charge in [-0.15, -0.1) is 0 Å². The van der Waals surface area contributed by atoms with Crippen LogP contribution in [0.1, 0.15) is 42.9 Å². The number of para-hydroxylation sites is 2. The van der Waals surface area contributed by atoms with Crippen LogP contribution in [0.2, 0.25) is 0 Å². The number of nitrogens with zero attached hydrogens (tertiary/aromatic N) is 1. The topological polar surface area (TPSA) is 25.5 Å². The van der Waals surface area contributed by atoms with Gasteiger partial charge in [-0.3, -0.25) is 0 Å². The molecule has 0 saturated heterocycles. The van der Waals surface area contributed by atoms with Crippen LogP contribution in [-0.4, -0.2) is 5.71 Å². The summed E-state index contributed by atoms with van der Waals surface area (Å²) in [7, 11) is 0. The second-order valence-corrected chi connectivity index (χ2v) is 12.5. The molecule has 1 atom stereocenters. The molecule has 0 spiro atoms. The van der Waals surface area contributed by atoms with Crippen molar-refractivity contribution in [2.45, 2.75) is 26.2 Å². The third kappa shape index (κ3) is 5.26. The highest BCUT2D eigenvalue weighted by atomic mass is 16.3. The summed E-state index contributed by atoms with van der Waals surface area (Å²) < 4.78 is 6.37. The third-order valence-corrected chi connectivity index (χ3v) is 9.49. The lowest BCUT2D eigenvalue weighted by Crippen LogP contribution is -2.20. The van der Waals surface area contributed by atoms with Crippen LogP contribution in [0.3, 0.4) is 0 Å². The predicted octanol–water partition coefficient (Wildman–Crippen LogP) is 11.9. The van der Waals surface area contributed by atoms with Crippen LogP contribution in [-0.2, 0) is 0 Å². The lowest BCUT2D eigenvalue weighted by Gasteiger charge is -2.32. The maximum atomic E-state index is 6.37. The summed E-state index contributed by atoms with van der Waals surface area (Å²) in [6, 6.07) is 44.7. The summed E-state index contributed by atoms with van der Waals surface area (Å²) in [5.74, 6) is 0. The minimum absolute atomic E-state index is 0.117. The number of allylic oxidation sites excluding steroid dienone is 7. The SMILES string of the molecule is CC1(/C2=C/C(c3ccc(-c4ccccc4)cc3)=N/C(c3ccccc3)=C\CC2)C=CC(c2cccc3c2oc2ccccc23)=CC1. The molecule has 5 aromatic carbocycles. The zero-order valence-electron chi connectivity index (χ0n) is 26.0. The van der Waals surface area contributed by atoms with E-state index in [1.807, 2.05) is 12.1 Å². The summed E-state index contributed by atoms with van der Waals surface area (Å²) in [5, 5.41) is 2.33. The molecule has 0 amide bonds. The molecule has 222 valence electrons. The van der Waals surface area contributed by atoms with E-state index in [0.29, 0.717) is 0 Å². The van der Waals surface area contributed by atoms with Crippen molar-refractivity contribution in [2.24, 2.45) is 10.4 Å². The molecule has 46 heavy (non-hydrogen) atoms. The average Bonchev–Trinajstić information content (AvgIpc) is 3.49. The fourth-order valence-corrected chi connectivity index (χ4v) is 6.81. The van der Waals surface area contributed by atoms with Crippen LogP contribution in [0.15, 0.2) is 173 Å². The van der Waals surface area contributed by atoms with E-state index in [4.69, 9.17) is 9.41 Å². The Bertz CT molecular complexity index is 2210. The van der Waals surface area contributed by atoms with E-state index in [0.717, 1.165) is 63.9 Å². The summed E-state index contributed by atoms with van der Waals surface area (Å²) in [6.07, 6.45) is 14.6. The molecule has 2 heterocycles. The standard InChI is InChI=1S/C44H35NO/c1-44(28-26-33(27-29-44)37-18-11-19-39-38-17-8-9-21-42(38)46-43(37)39)36-16-10-20-40(34-14-6-3-7-15-34)45-41(30-36)35-24-22-32(23-25-35)31-12-4-2-5-13-31/h2-9,11-15,17-28,30H,10,16,29H2,1H3/b36-30+,40-20-,45-41-. The van der Waals surface area contributed by atoms with Gasteiger partial charge >= 0.3 is 0 Å². The Kier molecular flexibility index (Phi) is 7.19. The normalized spacial score (nSPS) is 21.8. The smallest absolute Gasteiger partial charge is 0.143 e. The van der Waals surface area contributed by atoms with Crippen LogP contribution < -0.4 is 0 Å². The molecule has 1 aromatic heterocycles. The van der Waals surface area contributed by atoms with Gasteiger partial charge in [0.15, 0.2) is 0 Å². The van der Waals surface area contributed by atoms with Gasteiger partial charge in [0.2, 0.25) is 0 Å². The number of hydrogen-bond donors (Lipinski definition) is 0. The Balaban J connectivity index is 1.15. The maximum absolute atomic E-state index is 6.37. The zero-order valence-corrected chi connectivity index (χ0v) is 26.0. The van der Waals surface area contributed by atoms with Crippen molar-refractivity contribution in [1.29, 1.82) is 0 Å². The Morgan fingerprint density at radius 1 is 0.630 bits per heavy atom. The molecule has 1 aliphatic heterocycles. The average molecular weight is 594 g/mol. The van der Waals surface area contributed by atoms with Crippen molar-refractivity contribution in [2.75, 3.05) is 0 Å². The molecular weight excluding hydrogens is 558 g/mol. The van der Waals surface area contributed by atoms with Gasteiger partial charge in [-0.25, -0.2) is 4.99 Å². The first kappa shape index (κ1) is 28.0. The maximum Gasteiger partial charge on any atom is 0.143 e. The predicted molar refractivity (Wildman–Crippen MR) is 194 cm³/mol. The van der Waals surface area contributed by atoms with E-state index >= 15 is 0 Å². The molecule has 8 rings (SSSR count). The number of furan rings is 1. The highest BCUT2D eigenvalue weighted by Gasteiger charge is 2.29. The van der Waals surface area contributed by atoms with Gasteiger partial charge < -0.3 is 4.42 Å². The fourth-order valence-electron chi connectivity index (χ4n) is 6.81. The van der Waals surface area contributed by atoms with Crippen LogP contribution in [0.25, 0.3) is 44.3 Å². The Hall–Kier alpha value is -5.47. The number of fused-ring (bicyclic) bond motifs is 3. The minimum atomic E-state index is -0.117. The largest absolute Gasteiger partial charge is 0.455 e.